The van der Waals surface area contributed by atoms with Crippen molar-refractivity contribution in [2.45, 2.75) is 51.5 Å². The van der Waals surface area contributed by atoms with Crippen LogP contribution in [0.5, 0.6) is 0 Å². The molecule has 1 fully saturated rings. The van der Waals surface area contributed by atoms with Gasteiger partial charge in [0.05, 0.1) is 17.3 Å². The van der Waals surface area contributed by atoms with Crippen LogP contribution in [0.25, 0.3) is 0 Å². The van der Waals surface area contributed by atoms with Crippen molar-refractivity contribution in [2.75, 3.05) is 5.32 Å². The van der Waals surface area contributed by atoms with Gasteiger partial charge >= 0.3 is 0 Å². The summed E-state index contributed by atoms with van der Waals surface area (Å²) in [4.78, 5) is 0. The Labute approximate surface area is 114 Å². The summed E-state index contributed by atoms with van der Waals surface area (Å²) in [5.74, 6) is 0.321. The maximum Gasteiger partial charge on any atom is 0.147 e. The fourth-order valence-electron chi connectivity index (χ4n) is 2.99. The molecule has 2 rings (SSSR count). The Morgan fingerprint density at radius 1 is 1.37 bits per heavy atom. The lowest BCUT2D eigenvalue weighted by Gasteiger charge is -2.31. The second-order valence-electron chi connectivity index (χ2n) is 5.36. The van der Waals surface area contributed by atoms with Crippen LogP contribution in [0.15, 0.2) is 18.2 Å². The molecule has 0 aliphatic heterocycles. The van der Waals surface area contributed by atoms with Gasteiger partial charge in [-0.25, -0.2) is 4.39 Å². The Hall–Kier alpha value is -1.56. The van der Waals surface area contributed by atoms with E-state index in [0.717, 1.165) is 6.42 Å². The maximum absolute atomic E-state index is 13.9. The molecule has 1 aromatic carbocycles. The Bertz CT molecular complexity index is 458. The fourth-order valence-corrected chi connectivity index (χ4v) is 2.99. The fraction of sp³-hybridized carbons (Fsp3) is 0.562. The molecule has 0 radical (unpaired) electrons. The number of hydrogen-bond donors (Lipinski definition) is 1. The van der Waals surface area contributed by atoms with E-state index in [1.807, 2.05) is 6.07 Å². The van der Waals surface area contributed by atoms with Gasteiger partial charge in [0.15, 0.2) is 0 Å². The lowest BCUT2D eigenvalue weighted by molar-refractivity contribution is 0.312. The number of hydrogen-bond acceptors (Lipinski definition) is 2. The van der Waals surface area contributed by atoms with Gasteiger partial charge in [-0.1, -0.05) is 26.2 Å². The Morgan fingerprint density at radius 2 is 2.11 bits per heavy atom. The minimum absolute atomic E-state index is 0.326. The van der Waals surface area contributed by atoms with Crippen LogP contribution in [0.2, 0.25) is 0 Å². The van der Waals surface area contributed by atoms with Crippen LogP contribution in [-0.4, -0.2) is 6.04 Å². The minimum atomic E-state index is -0.326. The summed E-state index contributed by atoms with van der Waals surface area (Å²) in [7, 11) is 0. The van der Waals surface area contributed by atoms with Crippen molar-refractivity contribution in [1.29, 1.82) is 5.26 Å². The normalized spacial score (nSPS) is 17.7. The van der Waals surface area contributed by atoms with Gasteiger partial charge in [-0.05, 0) is 43.4 Å². The molecule has 1 aliphatic rings. The van der Waals surface area contributed by atoms with Gasteiger partial charge in [0.2, 0.25) is 0 Å². The van der Waals surface area contributed by atoms with Gasteiger partial charge in [0.1, 0.15) is 5.82 Å². The predicted molar refractivity (Wildman–Crippen MR) is 75.4 cm³/mol. The van der Waals surface area contributed by atoms with E-state index in [4.69, 9.17) is 5.26 Å². The van der Waals surface area contributed by atoms with Crippen LogP contribution < -0.4 is 5.32 Å². The van der Waals surface area contributed by atoms with E-state index in [2.05, 4.69) is 12.2 Å². The highest BCUT2D eigenvalue weighted by Crippen LogP contribution is 2.30. The number of rotatable bonds is 4. The Balaban J connectivity index is 2.07. The van der Waals surface area contributed by atoms with Gasteiger partial charge in [0.25, 0.3) is 0 Å². The van der Waals surface area contributed by atoms with E-state index in [0.29, 0.717) is 23.2 Å². The molecule has 19 heavy (non-hydrogen) atoms. The van der Waals surface area contributed by atoms with Crippen molar-refractivity contribution in [1.82, 2.24) is 0 Å². The second-order valence-corrected chi connectivity index (χ2v) is 5.36. The summed E-state index contributed by atoms with van der Waals surface area (Å²) in [6.45, 7) is 2.15. The summed E-state index contributed by atoms with van der Waals surface area (Å²) < 4.78 is 13.9. The van der Waals surface area contributed by atoms with Crippen molar-refractivity contribution in [3.63, 3.8) is 0 Å². The van der Waals surface area contributed by atoms with Gasteiger partial charge in [-0.15, -0.1) is 0 Å². The van der Waals surface area contributed by atoms with Gasteiger partial charge in [-0.3, -0.25) is 0 Å². The molecule has 102 valence electrons. The molecule has 1 atom stereocenters. The molecule has 0 bridgehead atoms. The van der Waals surface area contributed by atoms with Gasteiger partial charge in [0, 0.05) is 6.04 Å². The molecule has 1 aromatic rings. The van der Waals surface area contributed by atoms with Crippen molar-refractivity contribution < 1.29 is 4.39 Å². The third kappa shape index (κ3) is 3.47. The van der Waals surface area contributed by atoms with Crippen molar-refractivity contribution >= 4 is 5.69 Å². The van der Waals surface area contributed by atoms with Crippen LogP contribution >= 0.6 is 0 Å². The standard InChI is InChI=1S/C16H21FN2/c1-2-15(13-6-4-3-5-7-13)19-16-9-8-12(11-18)10-14(16)17/h8-10,13,15,19H,2-7H2,1H3. The number of nitrogens with one attached hydrogen (secondary N) is 1. The monoisotopic (exact) mass is 260 g/mol. The van der Waals surface area contributed by atoms with E-state index in [1.165, 1.54) is 38.2 Å². The molecule has 1 N–H and O–H groups in total. The molecule has 0 amide bonds. The number of halogens is 1. The molecule has 2 nitrogen and oxygen atoms in total. The summed E-state index contributed by atoms with van der Waals surface area (Å²) in [6, 6.07) is 6.94. The van der Waals surface area contributed by atoms with Crippen LogP contribution in [0, 0.1) is 23.1 Å². The first-order valence-corrected chi connectivity index (χ1v) is 7.20. The molecule has 0 saturated heterocycles. The summed E-state index contributed by atoms with van der Waals surface area (Å²) in [5.41, 5.74) is 0.894. The van der Waals surface area contributed by atoms with Crippen LogP contribution in [0.4, 0.5) is 10.1 Å². The SMILES string of the molecule is CCC(Nc1ccc(C#N)cc1F)C1CCCCC1. The summed E-state index contributed by atoms with van der Waals surface area (Å²) >= 11 is 0. The largest absolute Gasteiger partial charge is 0.380 e. The summed E-state index contributed by atoms with van der Waals surface area (Å²) in [6.07, 6.45) is 7.40. The molecular formula is C16H21FN2. The Kier molecular flexibility index (Phi) is 4.79. The minimum Gasteiger partial charge on any atom is -0.380 e. The predicted octanol–water partition coefficient (Wildman–Crippen LogP) is 4.47. The first-order chi connectivity index (χ1) is 9.24. The molecule has 1 unspecified atom stereocenters. The van der Waals surface area contributed by atoms with E-state index in [1.54, 1.807) is 12.1 Å². The van der Waals surface area contributed by atoms with E-state index in [9.17, 15) is 4.39 Å². The highest BCUT2D eigenvalue weighted by atomic mass is 19.1. The van der Waals surface area contributed by atoms with Crippen molar-refractivity contribution in [3.8, 4) is 6.07 Å². The molecule has 0 spiro atoms. The lowest BCUT2D eigenvalue weighted by Crippen LogP contribution is -2.30. The zero-order chi connectivity index (χ0) is 13.7. The third-order valence-electron chi connectivity index (χ3n) is 4.10. The number of nitrogens with zero attached hydrogens (tertiary/aromatic N) is 1. The van der Waals surface area contributed by atoms with E-state index in [-0.39, 0.29) is 5.82 Å². The topological polar surface area (TPSA) is 35.8 Å². The zero-order valence-corrected chi connectivity index (χ0v) is 11.5. The Morgan fingerprint density at radius 3 is 2.68 bits per heavy atom. The van der Waals surface area contributed by atoms with Crippen molar-refractivity contribution in [3.05, 3.63) is 29.6 Å². The van der Waals surface area contributed by atoms with E-state index < -0.39 is 0 Å². The van der Waals surface area contributed by atoms with E-state index >= 15 is 0 Å². The molecule has 1 saturated carbocycles. The number of nitriles is 1. The average Bonchev–Trinajstić information content (AvgIpc) is 2.47. The van der Waals surface area contributed by atoms with Crippen LogP contribution in [-0.2, 0) is 0 Å². The smallest absolute Gasteiger partial charge is 0.147 e. The zero-order valence-electron chi connectivity index (χ0n) is 11.5. The van der Waals surface area contributed by atoms with Gasteiger partial charge in [-0.2, -0.15) is 5.26 Å². The average molecular weight is 260 g/mol. The molecule has 1 aliphatic carbocycles. The highest BCUT2D eigenvalue weighted by Gasteiger charge is 2.22. The maximum atomic E-state index is 13.9. The highest BCUT2D eigenvalue weighted by molar-refractivity contribution is 5.49. The van der Waals surface area contributed by atoms with Crippen molar-refractivity contribution in [2.24, 2.45) is 5.92 Å². The quantitative estimate of drug-likeness (QED) is 0.867. The van der Waals surface area contributed by atoms with Crippen LogP contribution in [0.1, 0.15) is 51.0 Å². The molecule has 0 heterocycles. The summed E-state index contributed by atoms with van der Waals surface area (Å²) in [5, 5.41) is 12.1. The molecular weight excluding hydrogens is 239 g/mol. The third-order valence-corrected chi connectivity index (χ3v) is 4.10. The lowest BCUT2D eigenvalue weighted by atomic mass is 9.83. The number of anilines is 1. The number of benzene rings is 1. The first kappa shape index (κ1) is 13.9. The molecule has 0 aromatic heterocycles. The molecule has 3 heteroatoms. The first-order valence-electron chi connectivity index (χ1n) is 7.20. The van der Waals surface area contributed by atoms with Crippen LogP contribution in [0.3, 0.4) is 0 Å². The van der Waals surface area contributed by atoms with Gasteiger partial charge < -0.3 is 5.32 Å². The second kappa shape index (κ2) is 6.56.